The van der Waals surface area contributed by atoms with Crippen LogP contribution in [0.25, 0.3) is 0 Å². The quantitative estimate of drug-likeness (QED) is 0.889. The third-order valence-corrected chi connectivity index (χ3v) is 3.23. The largest absolute Gasteiger partial charge is 0.484 e. The molecule has 2 aromatic rings. The Hall–Kier alpha value is -2.41. The van der Waals surface area contributed by atoms with Crippen molar-refractivity contribution in [3.63, 3.8) is 0 Å². The number of nitrogens with one attached hydrogen (secondary N) is 1. The first-order valence-electron chi connectivity index (χ1n) is 5.56. The maximum absolute atomic E-state index is 12.9. The predicted octanol–water partition coefficient (Wildman–Crippen LogP) is 2.60. The molecule has 0 saturated heterocycles. The molecule has 0 fully saturated rings. The number of carboxylic acids is 1. The second kappa shape index (κ2) is 6.16. The van der Waals surface area contributed by atoms with Gasteiger partial charge in [0.2, 0.25) is 0 Å². The molecule has 0 aliphatic rings. The summed E-state index contributed by atoms with van der Waals surface area (Å²) in [5.41, 5.74) is 0. The highest BCUT2D eigenvalue weighted by molar-refractivity contribution is 7.18. The van der Waals surface area contributed by atoms with Gasteiger partial charge in [0.05, 0.1) is 5.00 Å². The molecule has 2 N–H and O–H groups in total. The number of amides is 1. The van der Waals surface area contributed by atoms with Gasteiger partial charge in [0.15, 0.2) is 6.61 Å². The van der Waals surface area contributed by atoms with E-state index in [0.29, 0.717) is 5.00 Å². The van der Waals surface area contributed by atoms with E-state index in [4.69, 9.17) is 9.84 Å². The first-order valence-corrected chi connectivity index (χ1v) is 6.37. The lowest BCUT2D eigenvalue weighted by atomic mass is 10.3. The van der Waals surface area contributed by atoms with E-state index in [9.17, 15) is 14.0 Å². The molecule has 5 nitrogen and oxygen atoms in total. The van der Waals surface area contributed by atoms with E-state index in [1.165, 1.54) is 36.4 Å². The Bertz CT molecular complexity index is 641. The number of halogens is 1. The number of carbonyl (C=O) groups excluding carboxylic acids is 1. The van der Waals surface area contributed by atoms with Crippen LogP contribution in [0, 0.1) is 5.82 Å². The van der Waals surface area contributed by atoms with E-state index in [2.05, 4.69) is 5.32 Å². The van der Waals surface area contributed by atoms with Gasteiger partial charge in [-0.15, -0.1) is 11.3 Å². The van der Waals surface area contributed by atoms with Crippen LogP contribution in [-0.2, 0) is 4.79 Å². The number of hydrogen-bond acceptors (Lipinski definition) is 4. The Morgan fingerprint density at radius 2 is 2.10 bits per heavy atom. The molecule has 0 radical (unpaired) electrons. The lowest BCUT2D eigenvalue weighted by Gasteiger charge is -2.05. The number of carboxylic acid groups (broad SMARTS) is 1. The molecular formula is C13H10FNO4S. The molecule has 0 unspecified atom stereocenters. The van der Waals surface area contributed by atoms with E-state index >= 15 is 0 Å². The molecule has 0 bridgehead atoms. The van der Waals surface area contributed by atoms with Crippen LogP contribution in [0.1, 0.15) is 9.67 Å². The Labute approximate surface area is 117 Å². The summed E-state index contributed by atoms with van der Waals surface area (Å²) in [6.45, 7) is -0.288. The number of hydrogen-bond donors (Lipinski definition) is 2. The summed E-state index contributed by atoms with van der Waals surface area (Å²) in [5, 5.41) is 11.7. The van der Waals surface area contributed by atoms with Crippen molar-refractivity contribution in [2.45, 2.75) is 0 Å². The summed E-state index contributed by atoms with van der Waals surface area (Å²) in [5.74, 6) is -1.70. The summed E-state index contributed by atoms with van der Waals surface area (Å²) in [4.78, 5) is 22.4. The normalized spacial score (nSPS) is 10.1. The molecule has 0 atom stereocenters. The van der Waals surface area contributed by atoms with E-state index in [0.717, 1.165) is 11.3 Å². The maximum atomic E-state index is 12.9. The van der Waals surface area contributed by atoms with Gasteiger partial charge in [-0.3, -0.25) is 4.79 Å². The topological polar surface area (TPSA) is 75.6 Å². The van der Waals surface area contributed by atoms with Crippen molar-refractivity contribution in [1.82, 2.24) is 0 Å². The second-order valence-corrected chi connectivity index (χ2v) is 4.85. The van der Waals surface area contributed by atoms with Crippen LogP contribution >= 0.6 is 11.3 Å². The number of thiophene rings is 1. The monoisotopic (exact) mass is 295 g/mol. The number of rotatable bonds is 5. The Morgan fingerprint density at radius 3 is 2.75 bits per heavy atom. The van der Waals surface area contributed by atoms with Crippen molar-refractivity contribution in [2.24, 2.45) is 0 Å². The Morgan fingerprint density at radius 1 is 1.30 bits per heavy atom. The van der Waals surface area contributed by atoms with Crippen LogP contribution in [-0.4, -0.2) is 23.6 Å². The number of carbonyl (C=O) groups is 2. The zero-order valence-corrected chi connectivity index (χ0v) is 10.9. The van der Waals surface area contributed by atoms with E-state index in [1.807, 2.05) is 0 Å². The molecule has 7 heteroatoms. The van der Waals surface area contributed by atoms with Crippen LogP contribution in [0.4, 0.5) is 9.39 Å². The minimum absolute atomic E-state index is 0.131. The van der Waals surface area contributed by atoms with Crippen LogP contribution in [0.15, 0.2) is 36.4 Å². The van der Waals surface area contributed by atoms with Gasteiger partial charge < -0.3 is 15.2 Å². The number of anilines is 1. The third kappa shape index (κ3) is 3.79. The van der Waals surface area contributed by atoms with Crippen molar-refractivity contribution in [3.05, 3.63) is 47.1 Å². The fourth-order valence-electron chi connectivity index (χ4n) is 1.40. The molecule has 0 spiro atoms. The fraction of sp³-hybridized carbons (Fsp3) is 0.0769. The second-order valence-electron chi connectivity index (χ2n) is 3.76. The predicted molar refractivity (Wildman–Crippen MR) is 71.8 cm³/mol. The molecule has 2 rings (SSSR count). The first-order chi connectivity index (χ1) is 9.54. The summed E-state index contributed by atoms with van der Waals surface area (Å²) < 4.78 is 18.0. The zero-order chi connectivity index (χ0) is 14.5. The molecule has 104 valence electrons. The van der Waals surface area contributed by atoms with Gasteiger partial charge in [-0.1, -0.05) is 6.07 Å². The van der Waals surface area contributed by atoms with Gasteiger partial charge in [-0.25, -0.2) is 9.18 Å². The average Bonchev–Trinajstić information content (AvgIpc) is 2.85. The van der Waals surface area contributed by atoms with Crippen LogP contribution < -0.4 is 10.1 Å². The smallest absolute Gasteiger partial charge is 0.345 e. The molecule has 1 amide bonds. The highest BCUT2D eigenvalue weighted by Crippen LogP contribution is 2.21. The van der Waals surface area contributed by atoms with Gasteiger partial charge in [0, 0.05) is 6.07 Å². The minimum Gasteiger partial charge on any atom is -0.484 e. The fourth-order valence-corrected chi connectivity index (χ4v) is 2.16. The van der Waals surface area contributed by atoms with Crippen molar-refractivity contribution in [3.8, 4) is 5.75 Å². The number of benzene rings is 1. The van der Waals surface area contributed by atoms with Gasteiger partial charge in [0.25, 0.3) is 5.91 Å². The van der Waals surface area contributed by atoms with Crippen LogP contribution in [0.5, 0.6) is 5.75 Å². The highest BCUT2D eigenvalue weighted by atomic mass is 32.1. The van der Waals surface area contributed by atoms with E-state index in [1.54, 1.807) is 0 Å². The van der Waals surface area contributed by atoms with Crippen molar-refractivity contribution >= 4 is 28.2 Å². The van der Waals surface area contributed by atoms with Crippen molar-refractivity contribution in [1.29, 1.82) is 0 Å². The van der Waals surface area contributed by atoms with Crippen LogP contribution in [0.3, 0.4) is 0 Å². The highest BCUT2D eigenvalue weighted by Gasteiger charge is 2.09. The molecule has 0 aliphatic carbocycles. The van der Waals surface area contributed by atoms with Gasteiger partial charge in [-0.05, 0) is 24.3 Å². The lowest BCUT2D eigenvalue weighted by Crippen LogP contribution is -2.19. The maximum Gasteiger partial charge on any atom is 0.345 e. The van der Waals surface area contributed by atoms with E-state index in [-0.39, 0.29) is 17.2 Å². The first kappa shape index (κ1) is 14.0. The minimum atomic E-state index is -1.05. The third-order valence-electron chi connectivity index (χ3n) is 2.25. The average molecular weight is 295 g/mol. The Kier molecular flexibility index (Phi) is 4.31. The molecular weight excluding hydrogens is 285 g/mol. The molecule has 1 heterocycles. The summed E-state index contributed by atoms with van der Waals surface area (Å²) in [7, 11) is 0. The van der Waals surface area contributed by atoms with Gasteiger partial charge in [-0.2, -0.15) is 0 Å². The zero-order valence-electron chi connectivity index (χ0n) is 10.1. The summed E-state index contributed by atoms with van der Waals surface area (Å²) in [6.07, 6.45) is 0. The van der Waals surface area contributed by atoms with Gasteiger partial charge >= 0.3 is 5.97 Å². The molecule has 0 saturated carbocycles. The summed E-state index contributed by atoms with van der Waals surface area (Å²) >= 11 is 0.946. The van der Waals surface area contributed by atoms with Crippen molar-refractivity contribution < 1.29 is 23.8 Å². The Balaban J connectivity index is 1.87. The van der Waals surface area contributed by atoms with E-state index < -0.39 is 17.7 Å². The molecule has 0 aliphatic heterocycles. The molecule has 20 heavy (non-hydrogen) atoms. The van der Waals surface area contributed by atoms with Crippen LogP contribution in [0.2, 0.25) is 0 Å². The standard InChI is InChI=1S/C13H10FNO4S/c14-8-2-1-3-9(6-8)19-7-11(16)15-12-5-4-10(20-12)13(17)18/h1-6H,7H2,(H,15,16)(H,17,18). The number of ether oxygens (including phenoxy) is 1. The molecule has 1 aromatic heterocycles. The number of aromatic carboxylic acids is 1. The molecule has 1 aromatic carbocycles. The van der Waals surface area contributed by atoms with Gasteiger partial charge in [0.1, 0.15) is 16.4 Å². The van der Waals surface area contributed by atoms with Crippen molar-refractivity contribution in [2.75, 3.05) is 11.9 Å². The SMILES string of the molecule is O=C(COc1cccc(F)c1)Nc1ccc(C(=O)O)s1. The summed E-state index contributed by atoms with van der Waals surface area (Å²) in [6, 6.07) is 8.34. The lowest BCUT2D eigenvalue weighted by molar-refractivity contribution is -0.118.